The zero-order chi connectivity index (χ0) is 24.9. The number of ketones is 1. The van der Waals surface area contributed by atoms with Crippen LogP contribution in [0, 0.1) is 5.41 Å². The van der Waals surface area contributed by atoms with Crippen molar-refractivity contribution in [3.63, 3.8) is 0 Å². The first-order valence-electron chi connectivity index (χ1n) is 11.2. The second-order valence-corrected chi connectivity index (χ2v) is 11.1. The van der Waals surface area contributed by atoms with E-state index >= 15 is 0 Å². The minimum Gasteiger partial charge on any atom is -0.507 e. The third-order valence-electron chi connectivity index (χ3n) is 6.08. The number of Topliss-reactive ketones (excluding diaryl/α,β-unsaturated/α-hetero) is 1. The topological polar surface area (TPSA) is 84.7 Å². The molecule has 2 N–H and O–H groups in total. The number of nitrogens with zero attached hydrogens (tertiary/aromatic N) is 2. The molecule has 0 saturated heterocycles. The highest BCUT2D eigenvalue weighted by Gasteiger charge is 2.30. The first-order chi connectivity index (χ1) is 15.1. The SMILES string of the molecule is CN(C)C(=O)c1ccc2c(c1)C(=N)N(CC(=O)c1cc(C(C)(C)C)c(O)c(C(C)(C)C)c1)C2. The molecule has 0 bridgehead atoms. The Morgan fingerprint density at radius 3 is 2.00 bits per heavy atom. The Morgan fingerprint density at radius 2 is 1.52 bits per heavy atom. The van der Waals surface area contributed by atoms with Crippen LogP contribution in [0.3, 0.4) is 0 Å². The number of carbonyl (C=O) groups is 2. The van der Waals surface area contributed by atoms with Crippen molar-refractivity contribution in [3.8, 4) is 5.75 Å². The zero-order valence-electron chi connectivity index (χ0n) is 21.0. The predicted molar refractivity (Wildman–Crippen MR) is 132 cm³/mol. The number of phenolic OH excluding ortho intramolecular Hbond substituents is 1. The van der Waals surface area contributed by atoms with Crippen LogP contribution in [0.15, 0.2) is 30.3 Å². The van der Waals surface area contributed by atoms with Crippen LogP contribution in [0.5, 0.6) is 5.75 Å². The van der Waals surface area contributed by atoms with E-state index in [-0.39, 0.29) is 40.7 Å². The summed E-state index contributed by atoms with van der Waals surface area (Å²) in [6.07, 6.45) is 0. The van der Waals surface area contributed by atoms with Gasteiger partial charge in [-0.05, 0) is 40.7 Å². The van der Waals surface area contributed by atoms with Crippen molar-refractivity contribution in [3.05, 3.63) is 63.7 Å². The summed E-state index contributed by atoms with van der Waals surface area (Å²) in [5.74, 6) is 0.269. The van der Waals surface area contributed by atoms with Gasteiger partial charge in [0.05, 0.1) is 6.54 Å². The molecule has 6 heteroatoms. The van der Waals surface area contributed by atoms with Gasteiger partial charge in [0.25, 0.3) is 5.91 Å². The highest BCUT2D eigenvalue weighted by atomic mass is 16.3. The van der Waals surface area contributed by atoms with Crippen LogP contribution in [0.1, 0.15) is 84.5 Å². The summed E-state index contributed by atoms with van der Waals surface area (Å²) in [4.78, 5) is 28.9. The molecule has 0 atom stereocenters. The fourth-order valence-corrected chi connectivity index (χ4v) is 4.12. The molecule has 0 radical (unpaired) electrons. The van der Waals surface area contributed by atoms with Gasteiger partial charge in [0.2, 0.25) is 0 Å². The van der Waals surface area contributed by atoms with Crippen molar-refractivity contribution in [2.75, 3.05) is 20.6 Å². The Labute approximate surface area is 196 Å². The monoisotopic (exact) mass is 449 g/mol. The summed E-state index contributed by atoms with van der Waals surface area (Å²) in [6, 6.07) is 8.94. The number of hydrogen-bond donors (Lipinski definition) is 2. The second kappa shape index (κ2) is 8.32. The molecule has 2 aromatic carbocycles. The minimum atomic E-state index is -0.327. The Bertz CT molecular complexity index is 1100. The lowest BCUT2D eigenvalue weighted by atomic mass is 9.78. The van der Waals surface area contributed by atoms with Gasteiger partial charge in [-0.2, -0.15) is 0 Å². The first kappa shape index (κ1) is 24.5. The van der Waals surface area contributed by atoms with Crippen LogP contribution in [0.25, 0.3) is 0 Å². The molecule has 0 saturated carbocycles. The molecule has 1 aliphatic heterocycles. The van der Waals surface area contributed by atoms with E-state index < -0.39 is 0 Å². The Hall–Kier alpha value is -3.15. The Kier molecular flexibility index (Phi) is 6.18. The number of benzene rings is 2. The average Bonchev–Trinajstić information content (AvgIpc) is 3.00. The smallest absolute Gasteiger partial charge is 0.253 e. The number of hydrogen-bond acceptors (Lipinski definition) is 4. The van der Waals surface area contributed by atoms with E-state index in [1.54, 1.807) is 43.3 Å². The van der Waals surface area contributed by atoms with E-state index in [4.69, 9.17) is 5.41 Å². The van der Waals surface area contributed by atoms with E-state index in [1.807, 2.05) is 47.6 Å². The van der Waals surface area contributed by atoms with Crippen LogP contribution in [0.2, 0.25) is 0 Å². The average molecular weight is 450 g/mol. The number of phenols is 1. The summed E-state index contributed by atoms with van der Waals surface area (Å²) in [5, 5.41) is 19.5. The molecule has 2 aromatic rings. The molecular weight excluding hydrogens is 414 g/mol. The fraction of sp³-hybridized carbons (Fsp3) is 0.444. The van der Waals surface area contributed by atoms with Crippen molar-refractivity contribution in [1.29, 1.82) is 5.41 Å². The highest BCUT2D eigenvalue weighted by Crippen LogP contribution is 2.40. The number of aromatic hydroxyl groups is 1. The second-order valence-electron chi connectivity index (χ2n) is 11.1. The van der Waals surface area contributed by atoms with E-state index in [0.29, 0.717) is 23.2 Å². The number of nitrogens with one attached hydrogen (secondary N) is 1. The molecule has 176 valence electrons. The van der Waals surface area contributed by atoms with E-state index in [0.717, 1.165) is 16.7 Å². The number of fused-ring (bicyclic) bond motifs is 1. The molecule has 0 unspecified atom stereocenters. The van der Waals surface area contributed by atoms with Gasteiger partial charge >= 0.3 is 0 Å². The van der Waals surface area contributed by atoms with Gasteiger partial charge in [-0.1, -0.05) is 47.6 Å². The molecule has 3 rings (SSSR count). The standard InChI is InChI=1S/C27H35N3O3/c1-26(2,3)20-12-18(13-21(23(20)32)27(4,5)6)22(31)15-30-14-17-10-9-16(25(33)29(7)8)11-19(17)24(30)28/h9-13,28,32H,14-15H2,1-8H3. The van der Waals surface area contributed by atoms with Crippen LogP contribution < -0.4 is 0 Å². The molecule has 6 nitrogen and oxygen atoms in total. The summed E-state index contributed by atoms with van der Waals surface area (Å²) >= 11 is 0. The molecule has 0 spiro atoms. The van der Waals surface area contributed by atoms with Crippen molar-refractivity contribution in [2.45, 2.75) is 58.9 Å². The molecule has 1 amide bonds. The molecule has 0 fully saturated rings. The van der Waals surface area contributed by atoms with Gasteiger partial charge in [0.1, 0.15) is 11.6 Å². The number of amides is 1. The molecule has 0 aliphatic carbocycles. The van der Waals surface area contributed by atoms with Gasteiger partial charge in [0.15, 0.2) is 5.78 Å². The maximum Gasteiger partial charge on any atom is 0.253 e. The number of rotatable bonds is 4. The summed E-state index contributed by atoms with van der Waals surface area (Å²) < 4.78 is 0. The molecule has 33 heavy (non-hydrogen) atoms. The van der Waals surface area contributed by atoms with Crippen molar-refractivity contribution in [1.82, 2.24) is 9.80 Å². The quantitative estimate of drug-likeness (QED) is 0.662. The lowest BCUT2D eigenvalue weighted by Crippen LogP contribution is -2.31. The molecule has 0 aromatic heterocycles. The van der Waals surface area contributed by atoms with Crippen LogP contribution in [-0.4, -0.2) is 53.1 Å². The van der Waals surface area contributed by atoms with Crippen molar-refractivity contribution in [2.24, 2.45) is 0 Å². The lowest BCUT2D eigenvalue weighted by Gasteiger charge is -2.28. The zero-order valence-corrected chi connectivity index (χ0v) is 21.0. The van der Waals surface area contributed by atoms with Gasteiger partial charge in [-0.15, -0.1) is 0 Å². The maximum atomic E-state index is 13.4. The minimum absolute atomic E-state index is 0.0580. The van der Waals surface area contributed by atoms with Gasteiger partial charge in [0, 0.05) is 48.5 Å². The van der Waals surface area contributed by atoms with Gasteiger partial charge in [-0.3, -0.25) is 15.0 Å². The van der Waals surface area contributed by atoms with E-state index in [9.17, 15) is 14.7 Å². The van der Waals surface area contributed by atoms with Gasteiger partial charge < -0.3 is 14.9 Å². The molecule has 1 aliphatic rings. The molecular formula is C27H35N3O3. The largest absolute Gasteiger partial charge is 0.507 e. The number of amidine groups is 1. The van der Waals surface area contributed by atoms with Crippen molar-refractivity contribution < 1.29 is 14.7 Å². The van der Waals surface area contributed by atoms with Crippen LogP contribution in [0.4, 0.5) is 0 Å². The summed E-state index contributed by atoms with van der Waals surface area (Å²) in [7, 11) is 3.39. The fourth-order valence-electron chi connectivity index (χ4n) is 4.12. The van der Waals surface area contributed by atoms with E-state index in [2.05, 4.69) is 0 Å². The third kappa shape index (κ3) is 4.80. The maximum absolute atomic E-state index is 13.4. The number of carbonyl (C=O) groups excluding carboxylic acids is 2. The normalized spacial score (nSPS) is 13.8. The first-order valence-corrected chi connectivity index (χ1v) is 11.2. The van der Waals surface area contributed by atoms with Crippen molar-refractivity contribution >= 4 is 17.5 Å². The lowest BCUT2D eigenvalue weighted by molar-refractivity contribution is 0.0827. The highest BCUT2D eigenvalue weighted by molar-refractivity contribution is 6.07. The van der Waals surface area contributed by atoms with E-state index in [1.165, 1.54) is 4.90 Å². The molecule has 1 heterocycles. The van der Waals surface area contributed by atoms with Crippen LogP contribution >= 0.6 is 0 Å². The Balaban J connectivity index is 1.91. The van der Waals surface area contributed by atoms with Gasteiger partial charge in [-0.25, -0.2) is 0 Å². The predicted octanol–water partition coefficient (Wildman–Crippen LogP) is 4.71. The third-order valence-corrected chi connectivity index (χ3v) is 6.08. The summed E-state index contributed by atoms with van der Waals surface area (Å²) in [6.45, 7) is 12.6. The Morgan fingerprint density at radius 1 is 0.970 bits per heavy atom. The summed E-state index contributed by atoms with van der Waals surface area (Å²) in [5.41, 5.74) is 3.51. The van der Waals surface area contributed by atoms with Crippen LogP contribution in [-0.2, 0) is 17.4 Å².